The van der Waals surface area contributed by atoms with Gasteiger partial charge in [-0.1, -0.05) is 29.8 Å². The Balaban J connectivity index is 1.71. The van der Waals surface area contributed by atoms with Crippen LogP contribution in [0.4, 0.5) is 0 Å². The van der Waals surface area contributed by atoms with E-state index in [-0.39, 0.29) is 0 Å². The molecule has 0 amide bonds. The molecule has 0 fully saturated rings. The number of nitrogens with zero attached hydrogens (tertiary/aromatic N) is 1. The van der Waals surface area contributed by atoms with Crippen LogP contribution in [0.1, 0.15) is 28.3 Å². The van der Waals surface area contributed by atoms with Crippen molar-refractivity contribution in [3.63, 3.8) is 0 Å². The first-order valence-corrected chi connectivity index (χ1v) is 8.40. The molecule has 0 saturated heterocycles. The highest BCUT2D eigenvalue weighted by atomic mass is 16.5. The number of hydrogen-bond donors (Lipinski definition) is 1. The lowest BCUT2D eigenvalue weighted by atomic mass is 10.0. The van der Waals surface area contributed by atoms with Gasteiger partial charge in [0.1, 0.15) is 0 Å². The highest BCUT2D eigenvalue weighted by Gasteiger charge is 2.28. The van der Waals surface area contributed by atoms with Crippen LogP contribution in [0.15, 0.2) is 36.4 Å². The van der Waals surface area contributed by atoms with Crippen LogP contribution in [-0.4, -0.2) is 32.2 Å². The Labute approximate surface area is 144 Å². The normalized spacial score (nSPS) is 16.9. The zero-order valence-electron chi connectivity index (χ0n) is 14.7. The van der Waals surface area contributed by atoms with Crippen molar-refractivity contribution in [2.45, 2.75) is 25.9 Å². The number of hydrogen-bond acceptors (Lipinski definition) is 4. The third-order valence-electron chi connectivity index (χ3n) is 4.83. The maximum atomic E-state index is 6.06. The van der Waals surface area contributed by atoms with E-state index in [9.17, 15) is 0 Å². The minimum absolute atomic E-state index is 0.319. The third kappa shape index (κ3) is 3.25. The Morgan fingerprint density at radius 2 is 1.88 bits per heavy atom. The molecule has 1 aliphatic rings. The van der Waals surface area contributed by atoms with Crippen LogP contribution in [0.5, 0.6) is 11.5 Å². The lowest BCUT2D eigenvalue weighted by Gasteiger charge is -2.24. The summed E-state index contributed by atoms with van der Waals surface area (Å²) in [6.45, 7) is 4.75. The van der Waals surface area contributed by atoms with E-state index in [4.69, 9.17) is 15.2 Å². The van der Waals surface area contributed by atoms with Gasteiger partial charge in [0, 0.05) is 25.7 Å². The lowest BCUT2D eigenvalue weighted by molar-refractivity contribution is 0.223. The summed E-state index contributed by atoms with van der Waals surface area (Å²) in [5, 5.41) is 0. The molecule has 2 aromatic rings. The van der Waals surface area contributed by atoms with Gasteiger partial charge in [-0.25, -0.2) is 0 Å². The number of rotatable bonds is 6. The van der Waals surface area contributed by atoms with E-state index in [1.807, 2.05) is 6.07 Å². The smallest absolute Gasteiger partial charge is 0.160 e. The molecule has 4 nitrogen and oxygen atoms in total. The molecule has 2 aromatic carbocycles. The molecule has 2 N–H and O–H groups in total. The van der Waals surface area contributed by atoms with Gasteiger partial charge in [-0.3, -0.25) is 4.90 Å². The molecule has 0 bridgehead atoms. The van der Waals surface area contributed by atoms with E-state index < -0.39 is 0 Å². The number of nitrogens with two attached hydrogens (primary N) is 1. The topological polar surface area (TPSA) is 47.7 Å². The highest BCUT2D eigenvalue weighted by molar-refractivity contribution is 5.43. The second-order valence-electron chi connectivity index (χ2n) is 6.36. The SMILES string of the molecule is COc1ccc(CCN2Cc3ccc(C)cc3C2CN)cc1OC. The first kappa shape index (κ1) is 16.8. The van der Waals surface area contributed by atoms with Crippen molar-refractivity contribution in [1.82, 2.24) is 4.90 Å². The standard InChI is InChI=1S/C20H26N2O2/c1-14-4-6-16-13-22(18(12-21)17(16)10-14)9-8-15-5-7-19(23-2)20(11-15)24-3/h4-7,10-11,18H,8-9,12-13,21H2,1-3H3. The summed E-state index contributed by atoms with van der Waals surface area (Å²) >= 11 is 0. The van der Waals surface area contributed by atoms with Gasteiger partial charge in [-0.15, -0.1) is 0 Å². The summed E-state index contributed by atoms with van der Waals surface area (Å²) in [5.41, 5.74) is 11.4. The van der Waals surface area contributed by atoms with Crippen LogP contribution in [0, 0.1) is 6.92 Å². The third-order valence-corrected chi connectivity index (χ3v) is 4.83. The Bertz CT molecular complexity index is 715. The fourth-order valence-corrected chi connectivity index (χ4v) is 3.51. The quantitative estimate of drug-likeness (QED) is 0.886. The fraction of sp³-hybridized carbons (Fsp3) is 0.400. The van der Waals surface area contributed by atoms with Crippen molar-refractivity contribution in [2.24, 2.45) is 5.73 Å². The first-order valence-electron chi connectivity index (χ1n) is 8.40. The van der Waals surface area contributed by atoms with Crippen molar-refractivity contribution in [3.8, 4) is 11.5 Å². The number of benzene rings is 2. The second-order valence-corrected chi connectivity index (χ2v) is 6.36. The van der Waals surface area contributed by atoms with E-state index >= 15 is 0 Å². The maximum Gasteiger partial charge on any atom is 0.160 e. The zero-order chi connectivity index (χ0) is 17.1. The van der Waals surface area contributed by atoms with Gasteiger partial charge in [0.15, 0.2) is 11.5 Å². The van der Waals surface area contributed by atoms with Crippen LogP contribution < -0.4 is 15.2 Å². The molecular weight excluding hydrogens is 300 g/mol. The van der Waals surface area contributed by atoms with E-state index in [0.717, 1.165) is 31.0 Å². The highest BCUT2D eigenvalue weighted by Crippen LogP contribution is 2.34. The molecule has 0 aromatic heterocycles. The monoisotopic (exact) mass is 326 g/mol. The average molecular weight is 326 g/mol. The second kappa shape index (κ2) is 7.24. The predicted octanol–water partition coefficient (Wildman–Crippen LogP) is 3.07. The average Bonchev–Trinajstić information content (AvgIpc) is 2.96. The van der Waals surface area contributed by atoms with Crippen LogP contribution in [0.2, 0.25) is 0 Å². The van der Waals surface area contributed by atoms with E-state index in [1.165, 1.54) is 22.3 Å². The number of ether oxygens (including phenoxy) is 2. The summed E-state index contributed by atoms with van der Waals surface area (Å²) in [6, 6.07) is 13.2. The molecule has 0 radical (unpaired) electrons. The van der Waals surface area contributed by atoms with Gasteiger partial charge >= 0.3 is 0 Å². The summed E-state index contributed by atoms with van der Waals surface area (Å²) in [5.74, 6) is 1.55. The zero-order valence-corrected chi connectivity index (χ0v) is 14.7. The Hall–Kier alpha value is -2.04. The van der Waals surface area contributed by atoms with Crippen molar-refractivity contribution in [3.05, 3.63) is 58.7 Å². The van der Waals surface area contributed by atoms with Gasteiger partial charge in [-0.2, -0.15) is 0 Å². The maximum absolute atomic E-state index is 6.06. The van der Waals surface area contributed by atoms with Gasteiger partial charge in [0.05, 0.1) is 14.2 Å². The molecule has 1 heterocycles. The van der Waals surface area contributed by atoms with Crippen LogP contribution in [0.25, 0.3) is 0 Å². The molecule has 3 rings (SSSR count). The Morgan fingerprint density at radius 1 is 1.08 bits per heavy atom. The van der Waals surface area contributed by atoms with Crippen LogP contribution in [0.3, 0.4) is 0 Å². The fourth-order valence-electron chi connectivity index (χ4n) is 3.51. The summed E-state index contributed by atoms with van der Waals surface area (Å²) < 4.78 is 10.7. The van der Waals surface area contributed by atoms with Gasteiger partial charge in [-0.05, 0) is 42.2 Å². The van der Waals surface area contributed by atoms with E-state index in [0.29, 0.717) is 12.6 Å². The molecule has 1 atom stereocenters. The molecule has 0 saturated carbocycles. The summed E-state index contributed by atoms with van der Waals surface area (Å²) in [7, 11) is 3.33. The molecule has 128 valence electrons. The largest absolute Gasteiger partial charge is 0.493 e. The van der Waals surface area contributed by atoms with Crippen LogP contribution in [-0.2, 0) is 13.0 Å². The molecule has 24 heavy (non-hydrogen) atoms. The molecule has 0 aliphatic carbocycles. The Morgan fingerprint density at radius 3 is 2.58 bits per heavy atom. The molecular formula is C20H26N2O2. The predicted molar refractivity (Wildman–Crippen MR) is 96.6 cm³/mol. The minimum Gasteiger partial charge on any atom is -0.493 e. The number of aryl methyl sites for hydroxylation is 1. The van der Waals surface area contributed by atoms with Gasteiger partial charge in [0.25, 0.3) is 0 Å². The van der Waals surface area contributed by atoms with Gasteiger partial charge < -0.3 is 15.2 Å². The minimum atomic E-state index is 0.319. The van der Waals surface area contributed by atoms with Crippen molar-refractivity contribution >= 4 is 0 Å². The van der Waals surface area contributed by atoms with Crippen molar-refractivity contribution in [2.75, 3.05) is 27.3 Å². The first-order chi connectivity index (χ1) is 11.7. The van der Waals surface area contributed by atoms with Gasteiger partial charge in [0.2, 0.25) is 0 Å². The molecule has 1 aliphatic heterocycles. The Kier molecular flexibility index (Phi) is 5.07. The molecule has 0 spiro atoms. The number of methoxy groups -OCH3 is 2. The van der Waals surface area contributed by atoms with Crippen LogP contribution >= 0.6 is 0 Å². The molecule has 4 heteroatoms. The number of fused-ring (bicyclic) bond motifs is 1. The summed E-state index contributed by atoms with van der Waals surface area (Å²) in [4.78, 5) is 2.47. The lowest BCUT2D eigenvalue weighted by Crippen LogP contribution is -2.29. The van der Waals surface area contributed by atoms with E-state index in [2.05, 4.69) is 42.2 Å². The van der Waals surface area contributed by atoms with Crippen molar-refractivity contribution in [1.29, 1.82) is 0 Å². The van der Waals surface area contributed by atoms with E-state index in [1.54, 1.807) is 14.2 Å². The molecule has 1 unspecified atom stereocenters. The summed E-state index contributed by atoms with van der Waals surface area (Å²) in [6.07, 6.45) is 0.962. The van der Waals surface area contributed by atoms with Crippen molar-refractivity contribution < 1.29 is 9.47 Å².